The van der Waals surface area contributed by atoms with Gasteiger partial charge in [-0.15, -0.1) is 0 Å². The van der Waals surface area contributed by atoms with Gasteiger partial charge in [-0.3, -0.25) is 4.99 Å². The molecular weight excluding hydrogens is 302 g/mol. The maximum atomic E-state index is 5.71. The summed E-state index contributed by atoms with van der Waals surface area (Å²) in [5.74, 6) is 1.42. The van der Waals surface area contributed by atoms with Crippen molar-refractivity contribution in [3.8, 4) is 0 Å². The van der Waals surface area contributed by atoms with Gasteiger partial charge in [0.25, 0.3) is 0 Å². The van der Waals surface area contributed by atoms with Gasteiger partial charge in [0.15, 0.2) is 5.96 Å². The van der Waals surface area contributed by atoms with Crippen molar-refractivity contribution in [3.05, 3.63) is 34.9 Å². The minimum atomic E-state index is 0.588. The van der Waals surface area contributed by atoms with Gasteiger partial charge in [0.05, 0.1) is 13.2 Å². The Labute approximate surface area is 145 Å². The molecule has 1 aliphatic heterocycles. The van der Waals surface area contributed by atoms with E-state index in [-0.39, 0.29) is 0 Å². The second kappa shape index (κ2) is 10.3. The summed E-state index contributed by atoms with van der Waals surface area (Å²) in [6.45, 7) is 9.24. The number of benzene rings is 1. The van der Waals surface area contributed by atoms with E-state index < -0.39 is 0 Å². The third kappa shape index (κ3) is 6.49. The Kier molecular flexibility index (Phi) is 8.05. The summed E-state index contributed by atoms with van der Waals surface area (Å²) in [4.78, 5) is 4.27. The lowest BCUT2D eigenvalue weighted by molar-refractivity contribution is 0.0888. The van der Waals surface area contributed by atoms with Crippen molar-refractivity contribution in [3.63, 3.8) is 0 Å². The molecule has 0 aliphatic carbocycles. The lowest BCUT2D eigenvalue weighted by Crippen LogP contribution is -2.37. The Balaban J connectivity index is 1.58. The Bertz CT molecular complexity index is 525. The number of ether oxygens (including phenoxy) is 2. The van der Waals surface area contributed by atoms with Crippen molar-refractivity contribution in [1.82, 2.24) is 10.6 Å². The quantitative estimate of drug-likeness (QED) is 0.436. The molecule has 1 saturated heterocycles. The molecule has 0 spiro atoms. The molecule has 24 heavy (non-hydrogen) atoms. The second-order valence-electron chi connectivity index (χ2n) is 6.44. The molecule has 2 rings (SSSR count). The molecule has 1 aromatic carbocycles. The van der Waals surface area contributed by atoms with Gasteiger partial charge in [0.2, 0.25) is 0 Å². The highest BCUT2D eigenvalue weighted by atomic mass is 16.5. The van der Waals surface area contributed by atoms with Crippen LogP contribution in [-0.2, 0) is 16.0 Å². The van der Waals surface area contributed by atoms with E-state index in [2.05, 4.69) is 47.7 Å². The minimum absolute atomic E-state index is 0.588. The summed E-state index contributed by atoms with van der Waals surface area (Å²) in [6, 6.07) is 6.53. The molecule has 1 unspecified atom stereocenters. The van der Waals surface area contributed by atoms with E-state index in [0.29, 0.717) is 5.92 Å². The maximum absolute atomic E-state index is 5.71. The van der Waals surface area contributed by atoms with Crippen LogP contribution in [0.25, 0.3) is 0 Å². The molecule has 134 valence electrons. The van der Waals surface area contributed by atoms with Crippen LogP contribution in [-0.4, -0.2) is 46.0 Å². The molecule has 5 nitrogen and oxygen atoms in total. The van der Waals surface area contributed by atoms with Crippen LogP contribution in [0.1, 0.15) is 29.5 Å². The smallest absolute Gasteiger partial charge is 0.191 e. The second-order valence-corrected chi connectivity index (χ2v) is 6.44. The van der Waals surface area contributed by atoms with Crippen LogP contribution in [0.3, 0.4) is 0 Å². The predicted octanol–water partition coefficient (Wildman–Crippen LogP) is 2.41. The Morgan fingerprint density at radius 2 is 2.21 bits per heavy atom. The van der Waals surface area contributed by atoms with Gasteiger partial charge in [0.1, 0.15) is 0 Å². The average Bonchev–Trinajstić information content (AvgIpc) is 3.08. The number of hydrogen-bond donors (Lipinski definition) is 2. The normalized spacial score (nSPS) is 18.0. The van der Waals surface area contributed by atoms with Crippen LogP contribution in [0.5, 0.6) is 0 Å². The molecule has 2 N–H and O–H groups in total. The van der Waals surface area contributed by atoms with Crippen molar-refractivity contribution in [2.75, 3.05) is 40.0 Å². The van der Waals surface area contributed by atoms with Gasteiger partial charge in [-0.25, -0.2) is 0 Å². The van der Waals surface area contributed by atoms with Crippen LogP contribution in [0.4, 0.5) is 0 Å². The number of rotatable bonds is 8. The van der Waals surface area contributed by atoms with Crippen LogP contribution >= 0.6 is 0 Å². The fourth-order valence-electron chi connectivity index (χ4n) is 2.79. The summed E-state index contributed by atoms with van der Waals surface area (Å²) in [7, 11) is 1.80. The number of nitrogens with zero attached hydrogens (tertiary/aromatic N) is 1. The molecule has 0 radical (unpaired) electrons. The molecule has 5 heteroatoms. The number of nitrogens with one attached hydrogen (secondary N) is 2. The van der Waals surface area contributed by atoms with Crippen LogP contribution in [0, 0.1) is 19.8 Å². The molecule has 0 bridgehead atoms. The minimum Gasteiger partial charge on any atom is -0.381 e. The maximum Gasteiger partial charge on any atom is 0.191 e. The molecule has 1 fully saturated rings. The number of aliphatic imine (C=N–C) groups is 1. The fraction of sp³-hybridized carbons (Fsp3) is 0.632. The van der Waals surface area contributed by atoms with E-state index in [1.807, 2.05) is 0 Å². The van der Waals surface area contributed by atoms with Crippen molar-refractivity contribution >= 4 is 5.96 Å². The molecule has 1 aliphatic rings. The average molecular weight is 333 g/mol. The molecule has 0 aromatic heterocycles. The first-order valence-corrected chi connectivity index (χ1v) is 8.85. The van der Waals surface area contributed by atoms with Gasteiger partial charge < -0.3 is 20.1 Å². The zero-order valence-corrected chi connectivity index (χ0v) is 15.2. The van der Waals surface area contributed by atoms with Gasteiger partial charge in [-0.2, -0.15) is 0 Å². The Morgan fingerprint density at radius 3 is 2.92 bits per heavy atom. The number of hydrogen-bond acceptors (Lipinski definition) is 3. The topological polar surface area (TPSA) is 54.9 Å². The summed E-state index contributed by atoms with van der Waals surface area (Å²) in [6.07, 6.45) is 2.10. The van der Waals surface area contributed by atoms with Crippen LogP contribution in [0.2, 0.25) is 0 Å². The molecule has 1 heterocycles. The van der Waals surface area contributed by atoms with E-state index in [1.54, 1.807) is 7.05 Å². The Hall–Kier alpha value is -1.59. The van der Waals surface area contributed by atoms with Gasteiger partial charge in [0, 0.05) is 39.3 Å². The molecular formula is C19H31N3O2. The summed E-state index contributed by atoms with van der Waals surface area (Å²) < 4.78 is 11.1. The highest BCUT2D eigenvalue weighted by Crippen LogP contribution is 2.12. The largest absolute Gasteiger partial charge is 0.381 e. The predicted molar refractivity (Wildman–Crippen MR) is 98.5 cm³/mol. The van der Waals surface area contributed by atoms with Gasteiger partial charge >= 0.3 is 0 Å². The highest BCUT2D eigenvalue weighted by molar-refractivity contribution is 5.79. The van der Waals surface area contributed by atoms with E-state index in [0.717, 1.165) is 58.3 Å². The first-order valence-electron chi connectivity index (χ1n) is 8.85. The number of aryl methyl sites for hydroxylation is 2. The van der Waals surface area contributed by atoms with Gasteiger partial charge in [-0.1, -0.05) is 23.8 Å². The first kappa shape index (κ1) is 18.7. The summed E-state index contributed by atoms with van der Waals surface area (Å²) in [5.41, 5.74) is 3.90. The van der Waals surface area contributed by atoms with Crippen LogP contribution in [0.15, 0.2) is 23.2 Å². The van der Waals surface area contributed by atoms with E-state index in [4.69, 9.17) is 9.47 Å². The van der Waals surface area contributed by atoms with E-state index in [1.165, 1.54) is 16.7 Å². The van der Waals surface area contributed by atoms with Crippen molar-refractivity contribution < 1.29 is 9.47 Å². The zero-order valence-electron chi connectivity index (χ0n) is 15.2. The molecule has 0 amide bonds. The monoisotopic (exact) mass is 333 g/mol. The SMILES string of the molecule is CN=C(NCCCOCC1CCOC1)NCc1ccc(C)cc1C. The molecule has 1 aromatic rings. The third-order valence-electron chi connectivity index (χ3n) is 4.30. The Morgan fingerprint density at radius 1 is 1.33 bits per heavy atom. The standard InChI is InChI=1S/C19H31N3O2/c1-15-5-6-18(16(2)11-15)12-22-19(20-3)21-8-4-9-23-13-17-7-10-24-14-17/h5-6,11,17H,4,7-10,12-14H2,1-3H3,(H2,20,21,22). The van der Waals surface area contributed by atoms with E-state index >= 15 is 0 Å². The zero-order chi connectivity index (χ0) is 17.2. The van der Waals surface area contributed by atoms with Crippen molar-refractivity contribution in [1.29, 1.82) is 0 Å². The van der Waals surface area contributed by atoms with Crippen LogP contribution < -0.4 is 10.6 Å². The lowest BCUT2D eigenvalue weighted by Gasteiger charge is -2.14. The summed E-state index contributed by atoms with van der Waals surface area (Å²) in [5, 5.41) is 6.70. The summed E-state index contributed by atoms with van der Waals surface area (Å²) >= 11 is 0. The first-order chi connectivity index (χ1) is 11.7. The fourth-order valence-corrected chi connectivity index (χ4v) is 2.79. The van der Waals surface area contributed by atoms with Gasteiger partial charge in [-0.05, 0) is 37.8 Å². The van der Waals surface area contributed by atoms with E-state index in [9.17, 15) is 0 Å². The molecule has 1 atom stereocenters. The number of guanidine groups is 1. The van der Waals surface area contributed by atoms with Crippen molar-refractivity contribution in [2.24, 2.45) is 10.9 Å². The molecule has 0 saturated carbocycles. The van der Waals surface area contributed by atoms with Crippen molar-refractivity contribution in [2.45, 2.75) is 33.2 Å². The third-order valence-corrected chi connectivity index (χ3v) is 4.30. The lowest BCUT2D eigenvalue weighted by atomic mass is 10.1. The highest BCUT2D eigenvalue weighted by Gasteiger charge is 2.15.